The van der Waals surface area contributed by atoms with E-state index in [2.05, 4.69) is 6.58 Å². The lowest BCUT2D eigenvalue weighted by Gasteiger charge is -2.15. The van der Waals surface area contributed by atoms with Crippen molar-refractivity contribution in [3.05, 3.63) is 73.4 Å². The van der Waals surface area contributed by atoms with Gasteiger partial charge in [-0.15, -0.1) is 17.9 Å². The van der Waals surface area contributed by atoms with Gasteiger partial charge in [0.15, 0.2) is 5.16 Å². The summed E-state index contributed by atoms with van der Waals surface area (Å²) >= 11 is 2.93. The average Bonchev–Trinajstić information content (AvgIpc) is 2.92. The Morgan fingerprint density at radius 1 is 1.44 bits per heavy atom. The van der Waals surface area contributed by atoms with Crippen LogP contribution in [-0.4, -0.2) is 14.5 Å². The monoisotopic (exact) mass is 401 g/mol. The summed E-state index contributed by atoms with van der Waals surface area (Å²) in [5.41, 5.74) is 1.76. The van der Waals surface area contributed by atoms with Crippen LogP contribution < -0.4 is 5.56 Å². The van der Waals surface area contributed by atoms with Crippen LogP contribution in [0.15, 0.2) is 46.9 Å². The number of hydrogen-bond acceptors (Lipinski definition) is 6. The van der Waals surface area contributed by atoms with Crippen molar-refractivity contribution in [2.24, 2.45) is 0 Å². The summed E-state index contributed by atoms with van der Waals surface area (Å²) in [5.74, 6) is 0. The van der Waals surface area contributed by atoms with E-state index in [4.69, 9.17) is 4.98 Å². The third kappa shape index (κ3) is 3.68. The number of nitro benzene ring substituents is 1. The van der Waals surface area contributed by atoms with Crippen molar-refractivity contribution in [2.45, 2.75) is 37.7 Å². The van der Waals surface area contributed by atoms with Gasteiger partial charge in [0.25, 0.3) is 11.2 Å². The second kappa shape index (κ2) is 7.66. The normalized spacial score (nSPS) is 12.3. The van der Waals surface area contributed by atoms with Crippen molar-refractivity contribution in [1.82, 2.24) is 9.55 Å². The van der Waals surface area contributed by atoms with E-state index in [9.17, 15) is 14.9 Å². The number of nitrogens with zero attached hydrogens (tertiary/aromatic N) is 3. The van der Waals surface area contributed by atoms with Crippen LogP contribution in [0.5, 0.6) is 0 Å². The van der Waals surface area contributed by atoms with Gasteiger partial charge in [-0.25, -0.2) is 4.98 Å². The number of thiophene rings is 1. The fourth-order valence-corrected chi connectivity index (χ4v) is 4.91. The smallest absolute Gasteiger partial charge is 0.269 e. The SMILES string of the molecule is C=CCn1c(S[C@@H](C)c2cccc([N+](=O)[O-])c2)nc2sc(C)c(C)c2c1=O. The Hall–Kier alpha value is -2.45. The molecule has 0 fully saturated rings. The zero-order valence-electron chi connectivity index (χ0n) is 15.3. The third-order valence-corrected chi connectivity index (χ3v) is 6.65. The fraction of sp³-hybridized carbons (Fsp3) is 0.263. The van der Waals surface area contributed by atoms with E-state index in [0.717, 1.165) is 20.8 Å². The van der Waals surface area contributed by atoms with Gasteiger partial charge >= 0.3 is 0 Å². The third-order valence-electron chi connectivity index (χ3n) is 4.40. The molecule has 3 rings (SSSR count). The number of nitro groups is 1. The fourth-order valence-electron chi connectivity index (χ4n) is 2.81. The Kier molecular flexibility index (Phi) is 5.48. The molecule has 0 aliphatic heterocycles. The number of rotatable bonds is 6. The molecule has 0 N–H and O–H groups in total. The molecule has 3 aromatic rings. The van der Waals surface area contributed by atoms with E-state index in [1.54, 1.807) is 22.8 Å². The molecule has 0 radical (unpaired) electrons. The minimum absolute atomic E-state index is 0.0522. The second-order valence-electron chi connectivity index (χ2n) is 6.17. The lowest BCUT2D eigenvalue weighted by molar-refractivity contribution is -0.384. The number of fused-ring (bicyclic) bond motifs is 1. The standard InChI is InChI=1S/C19H19N3O3S2/c1-5-9-21-18(23)16-11(2)12(3)26-17(16)20-19(21)27-13(4)14-7-6-8-15(10-14)22(24)25/h5-8,10,13H,1,9H2,2-4H3/t13-/m0/s1. The highest BCUT2D eigenvalue weighted by atomic mass is 32.2. The van der Waals surface area contributed by atoms with Crippen LogP contribution in [0.4, 0.5) is 5.69 Å². The topological polar surface area (TPSA) is 78.0 Å². The van der Waals surface area contributed by atoms with Crippen LogP contribution >= 0.6 is 23.1 Å². The largest absolute Gasteiger partial charge is 0.283 e. The Labute approximate surface area is 164 Å². The molecule has 0 saturated carbocycles. The predicted molar refractivity (Wildman–Crippen MR) is 111 cm³/mol. The van der Waals surface area contributed by atoms with Gasteiger partial charge in [0.2, 0.25) is 0 Å². The second-order valence-corrected chi connectivity index (χ2v) is 8.69. The zero-order chi connectivity index (χ0) is 19.7. The minimum atomic E-state index is -0.407. The molecule has 27 heavy (non-hydrogen) atoms. The van der Waals surface area contributed by atoms with E-state index < -0.39 is 4.92 Å². The number of non-ortho nitro benzene ring substituents is 1. The van der Waals surface area contributed by atoms with E-state index in [1.165, 1.54) is 29.2 Å². The summed E-state index contributed by atoms with van der Waals surface area (Å²) in [6, 6.07) is 6.55. The number of allylic oxidation sites excluding steroid dienone is 1. The molecule has 1 atom stereocenters. The Bertz CT molecular complexity index is 1100. The summed E-state index contributed by atoms with van der Waals surface area (Å²) in [4.78, 5) is 30.2. The quantitative estimate of drug-likeness (QED) is 0.190. The maximum Gasteiger partial charge on any atom is 0.269 e. The number of hydrogen-bond donors (Lipinski definition) is 0. The molecular weight excluding hydrogens is 382 g/mol. The van der Waals surface area contributed by atoms with Crippen molar-refractivity contribution in [3.63, 3.8) is 0 Å². The first kappa shape index (κ1) is 19.3. The van der Waals surface area contributed by atoms with E-state index in [0.29, 0.717) is 17.1 Å². The maximum atomic E-state index is 13.0. The van der Waals surface area contributed by atoms with Crippen LogP contribution in [0.3, 0.4) is 0 Å². The molecule has 2 heterocycles. The molecule has 8 heteroatoms. The van der Waals surface area contributed by atoms with Crippen LogP contribution in [0.2, 0.25) is 0 Å². The van der Waals surface area contributed by atoms with E-state index in [1.807, 2.05) is 26.8 Å². The van der Waals surface area contributed by atoms with Crippen LogP contribution in [-0.2, 0) is 6.54 Å². The van der Waals surface area contributed by atoms with Crippen molar-refractivity contribution in [1.29, 1.82) is 0 Å². The van der Waals surface area contributed by atoms with Crippen LogP contribution in [0.25, 0.3) is 10.2 Å². The summed E-state index contributed by atoms with van der Waals surface area (Å²) in [6.45, 7) is 9.98. The van der Waals surface area contributed by atoms with Crippen molar-refractivity contribution >= 4 is 39.0 Å². The van der Waals surface area contributed by atoms with Crippen LogP contribution in [0, 0.1) is 24.0 Å². The molecule has 6 nitrogen and oxygen atoms in total. The van der Waals surface area contributed by atoms with Gasteiger partial charge in [-0.3, -0.25) is 19.5 Å². The highest BCUT2D eigenvalue weighted by molar-refractivity contribution is 7.99. The molecule has 0 saturated heterocycles. The summed E-state index contributed by atoms with van der Waals surface area (Å²) < 4.78 is 1.62. The molecule has 0 unspecified atom stereocenters. The number of benzene rings is 1. The molecule has 2 aromatic heterocycles. The van der Waals surface area contributed by atoms with Crippen LogP contribution in [0.1, 0.15) is 28.2 Å². The molecule has 140 valence electrons. The van der Waals surface area contributed by atoms with Gasteiger partial charge in [0, 0.05) is 28.8 Å². The number of aromatic nitrogens is 2. The van der Waals surface area contributed by atoms with Gasteiger partial charge in [-0.1, -0.05) is 30.0 Å². The molecule has 0 aliphatic carbocycles. The van der Waals surface area contributed by atoms with Gasteiger partial charge in [0.05, 0.1) is 10.3 Å². The predicted octanol–water partition coefficient (Wildman–Crippen LogP) is 5.02. The van der Waals surface area contributed by atoms with Gasteiger partial charge in [-0.05, 0) is 31.9 Å². The Morgan fingerprint density at radius 3 is 2.85 bits per heavy atom. The summed E-state index contributed by atoms with van der Waals surface area (Å²) in [7, 11) is 0. The first-order chi connectivity index (χ1) is 12.8. The van der Waals surface area contributed by atoms with Crippen molar-refractivity contribution < 1.29 is 4.92 Å². The van der Waals surface area contributed by atoms with Crippen molar-refractivity contribution in [2.75, 3.05) is 0 Å². The highest BCUT2D eigenvalue weighted by Gasteiger charge is 2.19. The molecule has 0 spiro atoms. The first-order valence-corrected chi connectivity index (χ1v) is 10.1. The number of thioether (sulfide) groups is 1. The Balaban J connectivity index is 2.06. The highest BCUT2D eigenvalue weighted by Crippen LogP contribution is 2.36. The summed E-state index contributed by atoms with van der Waals surface area (Å²) in [6.07, 6.45) is 1.67. The molecular formula is C19H19N3O3S2. The van der Waals surface area contributed by atoms with E-state index in [-0.39, 0.29) is 16.5 Å². The van der Waals surface area contributed by atoms with E-state index >= 15 is 0 Å². The van der Waals surface area contributed by atoms with Gasteiger partial charge in [0.1, 0.15) is 4.83 Å². The summed E-state index contributed by atoms with van der Waals surface area (Å²) in [5, 5.41) is 12.2. The van der Waals surface area contributed by atoms with Crippen molar-refractivity contribution in [3.8, 4) is 0 Å². The molecule has 0 bridgehead atoms. The van der Waals surface area contributed by atoms with Gasteiger partial charge < -0.3 is 0 Å². The molecule has 0 amide bonds. The maximum absolute atomic E-state index is 13.0. The number of aryl methyl sites for hydroxylation is 2. The lowest BCUT2D eigenvalue weighted by Crippen LogP contribution is -2.22. The van der Waals surface area contributed by atoms with Gasteiger partial charge in [-0.2, -0.15) is 0 Å². The molecule has 1 aromatic carbocycles. The molecule has 0 aliphatic rings. The Morgan fingerprint density at radius 2 is 2.19 bits per heavy atom. The minimum Gasteiger partial charge on any atom is -0.283 e. The lowest BCUT2D eigenvalue weighted by atomic mass is 10.1. The first-order valence-electron chi connectivity index (χ1n) is 8.36. The average molecular weight is 402 g/mol. The zero-order valence-corrected chi connectivity index (χ0v) is 16.9.